The van der Waals surface area contributed by atoms with Crippen molar-refractivity contribution in [1.82, 2.24) is 18.8 Å². The molecule has 2 aromatic carbocycles. The number of rotatable bonds is 5. The molecule has 0 bridgehead atoms. The largest absolute Gasteiger partial charge is 0.497 e. The number of aromatic nitrogens is 3. The Morgan fingerprint density at radius 2 is 1.80 bits per heavy atom. The number of anilines is 1. The van der Waals surface area contributed by atoms with Crippen molar-refractivity contribution in [2.45, 2.75) is 0 Å². The fourth-order valence-electron chi connectivity index (χ4n) is 4.97. The molecule has 40 heavy (non-hydrogen) atoms. The molecule has 13 heteroatoms. The van der Waals surface area contributed by atoms with Crippen LogP contribution < -0.4 is 20.9 Å². The highest BCUT2D eigenvalue weighted by molar-refractivity contribution is 7.88. The number of H-pyrrole nitrogens is 1. The predicted octanol–water partition coefficient (Wildman–Crippen LogP) is 3.70. The molecule has 206 valence electrons. The first-order valence-corrected chi connectivity index (χ1v) is 15.4. The zero-order valence-corrected chi connectivity index (χ0v) is 23.9. The second-order valence-electron chi connectivity index (χ2n) is 9.48. The van der Waals surface area contributed by atoms with Crippen molar-refractivity contribution in [3.05, 3.63) is 80.7 Å². The second-order valence-corrected chi connectivity index (χ2v) is 12.9. The Bertz CT molecular complexity index is 2010. The van der Waals surface area contributed by atoms with Gasteiger partial charge in [-0.1, -0.05) is 17.7 Å². The minimum Gasteiger partial charge on any atom is -0.497 e. The Labute approximate surface area is 238 Å². The predicted molar refractivity (Wildman–Crippen MR) is 159 cm³/mol. The number of piperazine rings is 1. The van der Waals surface area contributed by atoms with E-state index < -0.39 is 21.3 Å². The van der Waals surface area contributed by atoms with Gasteiger partial charge in [0.1, 0.15) is 10.4 Å². The number of thiophene rings is 1. The topological polar surface area (TPSA) is 118 Å². The van der Waals surface area contributed by atoms with Gasteiger partial charge >= 0.3 is 5.69 Å². The minimum absolute atomic E-state index is 0.358. The molecule has 0 amide bonds. The Morgan fingerprint density at radius 3 is 2.52 bits per heavy atom. The van der Waals surface area contributed by atoms with Crippen LogP contribution in [-0.2, 0) is 10.0 Å². The van der Waals surface area contributed by atoms with Crippen LogP contribution in [-0.4, -0.2) is 66.8 Å². The minimum atomic E-state index is -3.25. The smallest absolute Gasteiger partial charge is 0.333 e. The van der Waals surface area contributed by atoms with Gasteiger partial charge in [0.15, 0.2) is 0 Å². The fourth-order valence-corrected chi connectivity index (χ4v) is 7.14. The molecule has 5 aromatic rings. The summed E-state index contributed by atoms with van der Waals surface area (Å²) in [4.78, 5) is 37.0. The van der Waals surface area contributed by atoms with Crippen LogP contribution in [0.2, 0.25) is 5.02 Å². The van der Waals surface area contributed by atoms with Crippen molar-refractivity contribution in [3.8, 4) is 21.9 Å². The molecular formula is C27H24ClN5O5S2. The summed E-state index contributed by atoms with van der Waals surface area (Å²) in [5, 5.41) is 1.94. The van der Waals surface area contributed by atoms with Crippen molar-refractivity contribution < 1.29 is 13.2 Å². The van der Waals surface area contributed by atoms with Gasteiger partial charge in [0.05, 0.1) is 30.8 Å². The molecule has 0 saturated carbocycles. The van der Waals surface area contributed by atoms with Gasteiger partial charge in [-0.05, 0) is 36.4 Å². The number of ether oxygens (including phenoxy) is 1. The van der Waals surface area contributed by atoms with Crippen LogP contribution in [0.3, 0.4) is 0 Å². The Balaban J connectivity index is 1.45. The van der Waals surface area contributed by atoms with Crippen molar-refractivity contribution in [2.75, 3.05) is 44.4 Å². The van der Waals surface area contributed by atoms with E-state index in [2.05, 4.69) is 14.9 Å². The van der Waals surface area contributed by atoms with Gasteiger partial charge < -0.3 is 14.6 Å². The molecule has 0 aliphatic carbocycles. The maximum atomic E-state index is 13.8. The number of pyridine rings is 1. The molecule has 3 aromatic heterocycles. The Kier molecular flexibility index (Phi) is 6.65. The number of nitrogens with zero attached hydrogens (tertiary/aromatic N) is 4. The van der Waals surface area contributed by atoms with E-state index >= 15 is 0 Å². The van der Waals surface area contributed by atoms with Crippen molar-refractivity contribution >= 4 is 59.6 Å². The number of halogens is 1. The average Bonchev–Trinajstić information content (AvgIpc) is 3.37. The molecule has 1 aliphatic rings. The maximum Gasteiger partial charge on any atom is 0.333 e. The Morgan fingerprint density at radius 1 is 1.02 bits per heavy atom. The van der Waals surface area contributed by atoms with Gasteiger partial charge in [-0.15, -0.1) is 11.3 Å². The van der Waals surface area contributed by atoms with Crippen molar-refractivity contribution in [2.24, 2.45) is 0 Å². The van der Waals surface area contributed by atoms with E-state index in [1.165, 1.54) is 28.1 Å². The fraction of sp³-hybridized carbons (Fsp3) is 0.222. The number of benzene rings is 2. The summed E-state index contributed by atoms with van der Waals surface area (Å²) in [6.45, 7) is 1.81. The SMILES string of the molecule is COc1ccc(Cl)c(-c2cc3[nH]c(=O)n(-c4cncc5ccc(N6CCN(S(C)(=O)=O)CC6)cc45)c(=O)c3s2)c1. The van der Waals surface area contributed by atoms with E-state index in [1.54, 1.807) is 37.6 Å². The lowest BCUT2D eigenvalue weighted by molar-refractivity contribution is 0.388. The number of hydrogen-bond donors (Lipinski definition) is 1. The summed E-state index contributed by atoms with van der Waals surface area (Å²) in [5.41, 5.74) is 1.29. The van der Waals surface area contributed by atoms with Gasteiger partial charge in [0.2, 0.25) is 10.0 Å². The van der Waals surface area contributed by atoms with E-state index in [1.807, 2.05) is 18.2 Å². The summed E-state index contributed by atoms with van der Waals surface area (Å²) < 4.78 is 32.1. The van der Waals surface area contributed by atoms with Crippen LogP contribution in [0.15, 0.2) is 64.4 Å². The summed E-state index contributed by atoms with van der Waals surface area (Å²) >= 11 is 7.67. The van der Waals surface area contributed by atoms with Crippen LogP contribution in [0.25, 0.3) is 37.1 Å². The summed E-state index contributed by atoms with van der Waals surface area (Å²) in [6, 6.07) is 12.7. The molecule has 1 aliphatic heterocycles. The van der Waals surface area contributed by atoms with E-state index in [0.29, 0.717) is 63.8 Å². The van der Waals surface area contributed by atoms with Gasteiger partial charge in [-0.2, -0.15) is 4.31 Å². The standard InChI is InChI=1S/C27H24ClN5O5S2/c1-38-18-5-6-21(28)20(12-18)24-13-22-25(39-24)26(34)33(27(35)30-22)23-15-29-14-16-3-4-17(11-19(16)23)31-7-9-32(10-8-31)40(2,36)37/h3-6,11-15H,7-10H2,1-2H3,(H,30,35). The van der Waals surface area contributed by atoms with E-state index in [0.717, 1.165) is 20.5 Å². The molecule has 6 rings (SSSR count). The molecule has 1 N–H and O–H groups in total. The zero-order chi connectivity index (χ0) is 28.2. The first-order chi connectivity index (χ1) is 19.1. The number of aromatic amines is 1. The van der Waals surface area contributed by atoms with Gasteiger partial charge in [0, 0.05) is 64.3 Å². The van der Waals surface area contributed by atoms with Crippen LogP contribution >= 0.6 is 22.9 Å². The lowest BCUT2D eigenvalue weighted by Crippen LogP contribution is -2.48. The Hall–Kier alpha value is -3.71. The van der Waals surface area contributed by atoms with E-state index in [-0.39, 0.29) is 0 Å². The number of sulfonamides is 1. The summed E-state index contributed by atoms with van der Waals surface area (Å²) in [7, 11) is -1.69. The number of hydrogen-bond acceptors (Lipinski definition) is 8. The average molecular weight is 598 g/mol. The van der Waals surface area contributed by atoms with Gasteiger partial charge in [-0.25, -0.2) is 17.8 Å². The molecule has 0 spiro atoms. The highest BCUT2D eigenvalue weighted by atomic mass is 35.5. The number of methoxy groups -OCH3 is 1. The molecule has 1 saturated heterocycles. The lowest BCUT2D eigenvalue weighted by atomic mass is 10.1. The normalized spacial score (nSPS) is 14.7. The van der Waals surface area contributed by atoms with Crippen LogP contribution in [0.1, 0.15) is 0 Å². The molecule has 1 fully saturated rings. The third kappa shape index (κ3) is 4.66. The number of fused-ring (bicyclic) bond motifs is 2. The summed E-state index contributed by atoms with van der Waals surface area (Å²) in [5.74, 6) is 0.623. The van der Waals surface area contributed by atoms with Crippen molar-refractivity contribution in [3.63, 3.8) is 0 Å². The van der Waals surface area contributed by atoms with Crippen LogP contribution in [0, 0.1) is 0 Å². The van der Waals surface area contributed by atoms with E-state index in [4.69, 9.17) is 16.3 Å². The third-order valence-electron chi connectivity index (χ3n) is 7.05. The highest BCUT2D eigenvalue weighted by Crippen LogP contribution is 2.37. The monoisotopic (exact) mass is 597 g/mol. The molecule has 0 radical (unpaired) electrons. The zero-order valence-electron chi connectivity index (χ0n) is 21.5. The first-order valence-electron chi connectivity index (χ1n) is 12.3. The molecule has 0 unspecified atom stereocenters. The third-order valence-corrected chi connectivity index (χ3v) is 9.84. The summed E-state index contributed by atoms with van der Waals surface area (Å²) in [6.07, 6.45) is 4.39. The van der Waals surface area contributed by atoms with Crippen LogP contribution in [0.4, 0.5) is 5.69 Å². The van der Waals surface area contributed by atoms with Crippen molar-refractivity contribution in [1.29, 1.82) is 0 Å². The molecular weight excluding hydrogens is 574 g/mol. The maximum absolute atomic E-state index is 13.8. The van der Waals surface area contributed by atoms with Crippen LogP contribution in [0.5, 0.6) is 5.75 Å². The van der Waals surface area contributed by atoms with Gasteiger partial charge in [0.25, 0.3) is 5.56 Å². The lowest BCUT2D eigenvalue weighted by Gasteiger charge is -2.34. The van der Waals surface area contributed by atoms with Gasteiger partial charge in [-0.3, -0.25) is 9.78 Å². The second kappa shape index (κ2) is 10.0. The highest BCUT2D eigenvalue weighted by Gasteiger charge is 2.24. The molecule has 10 nitrogen and oxygen atoms in total. The molecule has 4 heterocycles. The quantitative estimate of drug-likeness (QED) is 0.328. The number of nitrogens with one attached hydrogen (secondary N) is 1. The molecule has 0 atom stereocenters. The van der Waals surface area contributed by atoms with E-state index in [9.17, 15) is 18.0 Å². The first kappa shape index (κ1) is 26.5.